The number of carbonyl (C=O) groups excluding carboxylic acids is 2. The zero-order valence-electron chi connectivity index (χ0n) is 15.4. The van der Waals surface area contributed by atoms with Gasteiger partial charge in [-0.25, -0.2) is 9.29 Å². The van der Waals surface area contributed by atoms with Gasteiger partial charge >= 0.3 is 0 Å². The summed E-state index contributed by atoms with van der Waals surface area (Å²) in [6.07, 6.45) is 0. The summed E-state index contributed by atoms with van der Waals surface area (Å²) in [4.78, 5) is 27.6. The van der Waals surface area contributed by atoms with Crippen LogP contribution in [0.3, 0.4) is 0 Å². The van der Waals surface area contributed by atoms with Crippen LogP contribution in [0.1, 0.15) is 11.1 Å². The number of halogens is 2. The van der Waals surface area contributed by atoms with Crippen molar-refractivity contribution in [3.05, 3.63) is 100 Å². The van der Waals surface area contributed by atoms with Crippen LogP contribution in [0, 0.1) is 12.7 Å². The van der Waals surface area contributed by atoms with Crippen LogP contribution < -0.4 is 10.2 Å². The summed E-state index contributed by atoms with van der Waals surface area (Å²) in [5, 5.41) is 3.45. The molecule has 6 heteroatoms. The molecular weight excluding hydrogens is 391 g/mol. The van der Waals surface area contributed by atoms with Crippen molar-refractivity contribution in [2.45, 2.75) is 6.92 Å². The molecule has 0 atom stereocenters. The molecule has 0 saturated carbocycles. The normalized spacial score (nSPS) is 14.0. The molecule has 0 unspecified atom stereocenters. The van der Waals surface area contributed by atoms with E-state index in [4.69, 9.17) is 11.6 Å². The highest BCUT2D eigenvalue weighted by Crippen LogP contribution is 2.34. The number of aryl methyl sites for hydroxylation is 1. The fourth-order valence-corrected chi connectivity index (χ4v) is 3.29. The van der Waals surface area contributed by atoms with Crippen LogP contribution in [-0.2, 0) is 9.59 Å². The Kier molecular flexibility index (Phi) is 4.91. The number of anilines is 2. The molecule has 29 heavy (non-hydrogen) atoms. The second-order valence-electron chi connectivity index (χ2n) is 6.67. The van der Waals surface area contributed by atoms with E-state index in [-0.39, 0.29) is 11.3 Å². The Morgan fingerprint density at radius 1 is 0.897 bits per heavy atom. The van der Waals surface area contributed by atoms with E-state index < -0.39 is 17.6 Å². The Morgan fingerprint density at radius 2 is 1.59 bits per heavy atom. The lowest BCUT2D eigenvalue weighted by Gasteiger charge is -2.15. The molecule has 3 aromatic rings. The number of hydrogen-bond donors (Lipinski definition) is 1. The van der Waals surface area contributed by atoms with Crippen LogP contribution in [0.15, 0.2) is 78.5 Å². The van der Waals surface area contributed by atoms with Gasteiger partial charge in [0, 0.05) is 10.7 Å². The number of carbonyl (C=O) groups is 2. The number of nitrogens with one attached hydrogen (secondary N) is 1. The molecule has 0 saturated heterocycles. The summed E-state index contributed by atoms with van der Waals surface area (Å²) in [7, 11) is 0. The van der Waals surface area contributed by atoms with E-state index in [0.717, 1.165) is 10.5 Å². The highest BCUT2D eigenvalue weighted by molar-refractivity contribution is 6.46. The lowest BCUT2D eigenvalue weighted by Crippen LogP contribution is -2.32. The summed E-state index contributed by atoms with van der Waals surface area (Å²) < 4.78 is 13.6. The van der Waals surface area contributed by atoms with Gasteiger partial charge in [-0.2, -0.15) is 0 Å². The smallest absolute Gasteiger partial charge is 0.282 e. The fraction of sp³-hybridized carbons (Fsp3) is 0.0435. The predicted molar refractivity (Wildman–Crippen MR) is 112 cm³/mol. The van der Waals surface area contributed by atoms with Crippen molar-refractivity contribution in [2.75, 3.05) is 10.2 Å². The molecule has 1 aliphatic rings. The van der Waals surface area contributed by atoms with Crippen LogP contribution in [-0.4, -0.2) is 11.8 Å². The minimum Gasteiger partial charge on any atom is -0.350 e. The van der Waals surface area contributed by atoms with Crippen LogP contribution in [0.5, 0.6) is 0 Å². The molecule has 0 aromatic heterocycles. The number of rotatable bonds is 4. The van der Waals surface area contributed by atoms with E-state index in [1.165, 1.54) is 18.2 Å². The van der Waals surface area contributed by atoms with Gasteiger partial charge in [-0.3, -0.25) is 9.59 Å². The van der Waals surface area contributed by atoms with Crippen LogP contribution in [0.4, 0.5) is 15.8 Å². The van der Waals surface area contributed by atoms with Gasteiger partial charge in [0.2, 0.25) is 0 Å². The quantitative estimate of drug-likeness (QED) is 0.607. The maximum atomic E-state index is 13.6. The lowest BCUT2D eigenvalue weighted by atomic mass is 10.0. The third-order valence-electron chi connectivity index (χ3n) is 4.60. The van der Waals surface area contributed by atoms with E-state index in [1.807, 2.05) is 19.1 Å². The standard InChI is InChI=1S/C23H16ClFN2O2/c1-14-5-11-19(12-6-14)27-22(28)20(15-7-9-16(24)10-8-15)21(23(27)29)26-18-4-2-3-17(25)13-18/h2-13,26H,1H3. The minimum atomic E-state index is -0.506. The average Bonchev–Trinajstić information content (AvgIpc) is 2.93. The van der Waals surface area contributed by atoms with E-state index in [1.54, 1.807) is 42.5 Å². The number of benzene rings is 3. The van der Waals surface area contributed by atoms with E-state index >= 15 is 0 Å². The molecule has 4 nitrogen and oxygen atoms in total. The molecule has 0 spiro atoms. The van der Waals surface area contributed by atoms with Gasteiger partial charge in [-0.05, 0) is 55.0 Å². The van der Waals surface area contributed by atoms with Crippen molar-refractivity contribution in [3.63, 3.8) is 0 Å². The second kappa shape index (κ2) is 7.53. The predicted octanol–water partition coefficient (Wildman–Crippen LogP) is 5.18. The maximum absolute atomic E-state index is 13.6. The van der Waals surface area contributed by atoms with Gasteiger partial charge in [0.1, 0.15) is 11.5 Å². The van der Waals surface area contributed by atoms with Crippen molar-refractivity contribution in [1.82, 2.24) is 0 Å². The molecule has 1 N–H and O–H groups in total. The van der Waals surface area contributed by atoms with Gasteiger partial charge in [0.05, 0.1) is 11.3 Å². The summed E-state index contributed by atoms with van der Waals surface area (Å²) in [5.41, 5.74) is 2.68. The number of nitrogens with zero attached hydrogens (tertiary/aromatic N) is 1. The second-order valence-corrected chi connectivity index (χ2v) is 7.11. The Bertz CT molecular complexity index is 1140. The average molecular weight is 407 g/mol. The monoisotopic (exact) mass is 406 g/mol. The molecule has 1 heterocycles. The first kappa shape index (κ1) is 18.9. The van der Waals surface area contributed by atoms with Crippen LogP contribution in [0.2, 0.25) is 5.02 Å². The molecule has 3 aromatic carbocycles. The van der Waals surface area contributed by atoms with E-state index in [0.29, 0.717) is 22.0 Å². The van der Waals surface area contributed by atoms with Crippen molar-refractivity contribution in [1.29, 1.82) is 0 Å². The zero-order valence-corrected chi connectivity index (χ0v) is 16.2. The summed E-state index contributed by atoms with van der Waals surface area (Å²) in [5.74, 6) is -1.41. The Labute approximate surface area is 172 Å². The van der Waals surface area contributed by atoms with Crippen LogP contribution in [0.25, 0.3) is 5.57 Å². The molecule has 1 aliphatic heterocycles. The van der Waals surface area contributed by atoms with Crippen molar-refractivity contribution < 1.29 is 14.0 Å². The molecule has 2 amide bonds. The molecule has 0 bridgehead atoms. The lowest BCUT2D eigenvalue weighted by molar-refractivity contribution is -0.120. The highest BCUT2D eigenvalue weighted by Gasteiger charge is 2.40. The summed E-state index contributed by atoms with van der Waals surface area (Å²) in [6.45, 7) is 1.92. The summed E-state index contributed by atoms with van der Waals surface area (Å²) in [6, 6.07) is 19.5. The van der Waals surface area contributed by atoms with Gasteiger partial charge in [0.25, 0.3) is 11.8 Å². The first-order valence-corrected chi connectivity index (χ1v) is 9.30. The zero-order chi connectivity index (χ0) is 20.5. The Hall–Kier alpha value is -3.44. The number of amides is 2. The van der Waals surface area contributed by atoms with Gasteiger partial charge in [-0.15, -0.1) is 0 Å². The largest absolute Gasteiger partial charge is 0.350 e. The highest BCUT2D eigenvalue weighted by atomic mass is 35.5. The molecule has 0 fully saturated rings. The minimum absolute atomic E-state index is 0.0866. The van der Waals surface area contributed by atoms with Gasteiger partial charge < -0.3 is 5.32 Å². The van der Waals surface area contributed by atoms with E-state index in [2.05, 4.69) is 5.32 Å². The fourth-order valence-electron chi connectivity index (χ4n) is 3.17. The van der Waals surface area contributed by atoms with Gasteiger partial charge in [-0.1, -0.05) is 47.5 Å². The Balaban J connectivity index is 1.82. The molecule has 4 rings (SSSR count). The van der Waals surface area contributed by atoms with Gasteiger partial charge in [0.15, 0.2) is 0 Å². The van der Waals surface area contributed by atoms with Crippen LogP contribution >= 0.6 is 11.6 Å². The first-order valence-electron chi connectivity index (χ1n) is 8.92. The topological polar surface area (TPSA) is 49.4 Å². The SMILES string of the molecule is Cc1ccc(N2C(=O)C(Nc3cccc(F)c3)=C(c3ccc(Cl)cc3)C2=O)cc1. The van der Waals surface area contributed by atoms with Crippen molar-refractivity contribution in [3.8, 4) is 0 Å². The Morgan fingerprint density at radius 3 is 2.24 bits per heavy atom. The maximum Gasteiger partial charge on any atom is 0.282 e. The molecule has 0 aliphatic carbocycles. The van der Waals surface area contributed by atoms with E-state index in [9.17, 15) is 14.0 Å². The first-order chi connectivity index (χ1) is 13.9. The molecule has 0 radical (unpaired) electrons. The summed E-state index contributed by atoms with van der Waals surface area (Å²) >= 11 is 5.97. The third kappa shape index (κ3) is 3.65. The van der Waals surface area contributed by atoms with Crippen molar-refractivity contribution in [2.24, 2.45) is 0 Å². The number of hydrogen-bond acceptors (Lipinski definition) is 3. The number of imide groups is 1. The van der Waals surface area contributed by atoms with Crippen molar-refractivity contribution >= 4 is 40.4 Å². The molecular formula is C23H16ClFN2O2. The molecule has 144 valence electrons. The third-order valence-corrected chi connectivity index (χ3v) is 4.85.